The van der Waals surface area contributed by atoms with Crippen LogP contribution in [0.2, 0.25) is 0 Å². The van der Waals surface area contributed by atoms with E-state index in [1.807, 2.05) is 6.92 Å². The van der Waals surface area contributed by atoms with Crippen LogP contribution in [0.3, 0.4) is 0 Å². The number of hydrogen-bond acceptors (Lipinski definition) is 3. The minimum absolute atomic E-state index is 0.0972. The number of carboxylic acid groups (broad SMARTS) is 1. The SMILES string of the molecule is CCOC(=O)C1CCC2=C(Cc3c(C(=O)O)ccc(Br)c32)C1. The van der Waals surface area contributed by atoms with Crippen molar-refractivity contribution in [1.82, 2.24) is 0 Å². The van der Waals surface area contributed by atoms with Gasteiger partial charge in [-0.3, -0.25) is 4.79 Å². The Bertz CT molecular complexity index is 690. The number of ether oxygens (including phenoxy) is 1. The van der Waals surface area contributed by atoms with Crippen LogP contribution in [-0.4, -0.2) is 23.7 Å². The van der Waals surface area contributed by atoms with Crippen LogP contribution in [0.1, 0.15) is 47.7 Å². The molecule has 0 saturated heterocycles. The van der Waals surface area contributed by atoms with E-state index >= 15 is 0 Å². The monoisotopic (exact) mass is 364 g/mol. The maximum atomic E-state index is 12.0. The Morgan fingerprint density at radius 2 is 2.18 bits per heavy atom. The summed E-state index contributed by atoms with van der Waals surface area (Å²) in [5.74, 6) is -1.13. The molecule has 1 atom stereocenters. The van der Waals surface area contributed by atoms with Gasteiger partial charge in [-0.05, 0) is 61.4 Å². The number of aromatic carboxylic acids is 1. The van der Waals surface area contributed by atoms with Gasteiger partial charge in [0.05, 0.1) is 18.1 Å². The molecule has 4 nitrogen and oxygen atoms in total. The zero-order valence-electron chi connectivity index (χ0n) is 12.3. The number of allylic oxidation sites excluding steroid dienone is 2. The summed E-state index contributed by atoms with van der Waals surface area (Å²) in [7, 11) is 0. The minimum atomic E-state index is -0.898. The zero-order valence-corrected chi connectivity index (χ0v) is 13.9. The second kappa shape index (κ2) is 5.88. The van der Waals surface area contributed by atoms with E-state index in [-0.39, 0.29) is 11.9 Å². The first-order valence-corrected chi connectivity index (χ1v) is 8.24. The van der Waals surface area contributed by atoms with Crippen LogP contribution < -0.4 is 0 Å². The molecule has 0 radical (unpaired) electrons. The Morgan fingerprint density at radius 3 is 2.86 bits per heavy atom. The average molecular weight is 365 g/mol. The molecule has 0 aromatic heterocycles. The lowest BCUT2D eigenvalue weighted by atomic mass is 9.84. The van der Waals surface area contributed by atoms with Crippen LogP contribution in [0.5, 0.6) is 0 Å². The number of carboxylic acids is 1. The highest BCUT2D eigenvalue weighted by Crippen LogP contribution is 2.47. The highest BCUT2D eigenvalue weighted by molar-refractivity contribution is 9.10. The number of carbonyl (C=O) groups excluding carboxylic acids is 1. The van der Waals surface area contributed by atoms with E-state index in [0.717, 1.165) is 28.4 Å². The van der Waals surface area contributed by atoms with Crippen molar-refractivity contribution in [3.63, 3.8) is 0 Å². The summed E-state index contributed by atoms with van der Waals surface area (Å²) >= 11 is 3.54. The molecular weight excluding hydrogens is 348 g/mol. The molecule has 1 N–H and O–H groups in total. The molecule has 0 fully saturated rings. The predicted octanol–water partition coefficient (Wildman–Crippen LogP) is 3.82. The Kier molecular flexibility index (Phi) is 4.08. The first-order valence-electron chi connectivity index (χ1n) is 7.45. The third-order valence-electron chi connectivity index (χ3n) is 4.47. The van der Waals surface area contributed by atoms with Gasteiger partial charge in [0.1, 0.15) is 0 Å². The summed E-state index contributed by atoms with van der Waals surface area (Å²) in [6.45, 7) is 2.21. The van der Waals surface area contributed by atoms with Crippen LogP contribution >= 0.6 is 15.9 Å². The fourth-order valence-corrected chi connectivity index (χ4v) is 4.11. The van der Waals surface area contributed by atoms with Crippen molar-refractivity contribution in [2.24, 2.45) is 5.92 Å². The molecule has 1 unspecified atom stereocenters. The van der Waals surface area contributed by atoms with Crippen molar-refractivity contribution < 1.29 is 19.4 Å². The van der Waals surface area contributed by atoms with E-state index in [1.165, 1.54) is 11.1 Å². The van der Waals surface area contributed by atoms with Gasteiger partial charge in [-0.2, -0.15) is 0 Å². The molecule has 0 heterocycles. The van der Waals surface area contributed by atoms with Crippen LogP contribution in [0.4, 0.5) is 0 Å². The molecule has 2 aliphatic rings. The molecular formula is C17H17BrO4. The predicted molar refractivity (Wildman–Crippen MR) is 85.7 cm³/mol. The topological polar surface area (TPSA) is 63.6 Å². The molecule has 0 aliphatic heterocycles. The molecule has 2 aliphatic carbocycles. The van der Waals surface area contributed by atoms with Crippen molar-refractivity contribution in [2.75, 3.05) is 6.61 Å². The van der Waals surface area contributed by atoms with Gasteiger partial charge in [-0.1, -0.05) is 21.5 Å². The van der Waals surface area contributed by atoms with E-state index in [4.69, 9.17) is 4.74 Å². The van der Waals surface area contributed by atoms with E-state index in [9.17, 15) is 14.7 Å². The molecule has 0 bridgehead atoms. The highest BCUT2D eigenvalue weighted by atomic mass is 79.9. The molecule has 5 heteroatoms. The first kappa shape index (κ1) is 15.3. The summed E-state index contributed by atoms with van der Waals surface area (Å²) in [6, 6.07) is 3.45. The zero-order chi connectivity index (χ0) is 15.9. The van der Waals surface area contributed by atoms with Gasteiger partial charge >= 0.3 is 11.9 Å². The molecule has 0 saturated carbocycles. The van der Waals surface area contributed by atoms with Crippen LogP contribution in [0.25, 0.3) is 5.57 Å². The second-order valence-corrected chi connectivity index (χ2v) is 6.56. The van der Waals surface area contributed by atoms with Crippen molar-refractivity contribution in [2.45, 2.75) is 32.6 Å². The number of rotatable bonds is 3. The van der Waals surface area contributed by atoms with Crippen molar-refractivity contribution >= 4 is 33.4 Å². The number of esters is 1. The van der Waals surface area contributed by atoms with Crippen LogP contribution in [-0.2, 0) is 16.0 Å². The maximum Gasteiger partial charge on any atom is 0.335 e. The number of benzene rings is 1. The normalized spacial score (nSPS) is 19.6. The Balaban J connectivity index is 1.93. The lowest BCUT2D eigenvalue weighted by Crippen LogP contribution is -2.21. The van der Waals surface area contributed by atoms with E-state index in [2.05, 4.69) is 15.9 Å². The maximum absolute atomic E-state index is 12.0. The van der Waals surface area contributed by atoms with Crippen LogP contribution in [0, 0.1) is 5.92 Å². The van der Waals surface area contributed by atoms with Gasteiger partial charge in [0, 0.05) is 4.47 Å². The fourth-order valence-electron chi connectivity index (χ4n) is 3.50. The fraction of sp³-hybridized carbons (Fsp3) is 0.412. The van der Waals surface area contributed by atoms with Crippen molar-refractivity contribution in [3.05, 3.63) is 38.9 Å². The Morgan fingerprint density at radius 1 is 1.41 bits per heavy atom. The molecule has 0 spiro atoms. The van der Waals surface area contributed by atoms with E-state index < -0.39 is 5.97 Å². The smallest absolute Gasteiger partial charge is 0.335 e. The standard InChI is InChI=1S/C17H17BrO4/c1-2-22-17(21)9-3-4-11-10(7-9)8-13-12(16(19)20)5-6-14(18)15(11)13/h5-6,9H,2-4,7-8H2,1H3,(H,19,20). The lowest BCUT2D eigenvalue weighted by molar-refractivity contribution is -0.148. The molecule has 116 valence electrons. The summed E-state index contributed by atoms with van der Waals surface area (Å²) < 4.78 is 6.06. The summed E-state index contributed by atoms with van der Waals surface area (Å²) in [5.41, 5.74) is 4.66. The van der Waals surface area contributed by atoms with Gasteiger partial charge in [-0.15, -0.1) is 0 Å². The molecule has 1 aromatic carbocycles. The number of fused-ring (bicyclic) bond motifs is 2. The number of carbonyl (C=O) groups is 2. The molecule has 3 rings (SSSR count). The summed E-state index contributed by atoms with van der Waals surface area (Å²) in [4.78, 5) is 23.4. The van der Waals surface area contributed by atoms with Gasteiger partial charge in [0.25, 0.3) is 0 Å². The Hall–Kier alpha value is -1.62. The molecule has 0 amide bonds. The largest absolute Gasteiger partial charge is 0.478 e. The van der Waals surface area contributed by atoms with Gasteiger partial charge in [0.15, 0.2) is 0 Å². The number of halogens is 1. The average Bonchev–Trinajstić information content (AvgIpc) is 2.86. The third-order valence-corrected chi connectivity index (χ3v) is 5.13. The number of hydrogen-bond donors (Lipinski definition) is 1. The summed E-state index contributed by atoms with van der Waals surface area (Å²) in [5, 5.41) is 9.38. The van der Waals surface area contributed by atoms with Crippen molar-refractivity contribution in [1.29, 1.82) is 0 Å². The molecule has 1 aromatic rings. The van der Waals surface area contributed by atoms with E-state index in [1.54, 1.807) is 12.1 Å². The quantitative estimate of drug-likeness (QED) is 0.828. The van der Waals surface area contributed by atoms with Gasteiger partial charge in [0.2, 0.25) is 0 Å². The molecule has 22 heavy (non-hydrogen) atoms. The third kappa shape index (κ3) is 2.47. The van der Waals surface area contributed by atoms with Gasteiger partial charge < -0.3 is 9.84 Å². The minimum Gasteiger partial charge on any atom is -0.478 e. The second-order valence-electron chi connectivity index (χ2n) is 5.70. The van der Waals surface area contributed by atoms with Gasteiger partial charge in [-0.25, -0.2) is 4.79 Å². The summed E-state index contributed by atoms with van der Waals surface area (Å²) in [6.07, 6.45) is 2.87. The highest BCUT2D eigenvalue weighted by Gasteiger charge is 2.34. The lowest BCUT2D eigenvalue weighted by Gasteiger charge is -2.22. The Labute approximate surface area is 137 Å². The van der Waals surface area contributed by atoms with Crippen LogP contribution in [0.15, 0.2) is 22.2 Å². The van der Waals surface area contributed by atoms with E-state index in [0.29, 0.717) is 25.0 Å². The first-order chi connectivity index (χ1) is 10.5. The van der Waals surface area contributed by atoms with Crippen molar-refractivity contribution in [3.8, 4) is 0 Å².